The highest BCUT2D eigenvalue weighted by Gasteiger charge is 2.35. The number of alkyl halides is 3. The van der Waals surface area contributed by atoms with E-state index in [-0.39, 0.29) is 6.42 Å². The Kier molecular flexibility index (Phi) is 4.11. The normalized spacial score (nSPS) is 15.7. The van der Waals surface area contributed by atoms with Crippen LogP contribution in [-0.2, 0) is 6.18 Å². The fourth-order valence-electron chi connectivity index (χ4n) is 1.53. The van der Waals surface area contributed by atoms with E-state index in [0.717, 1.165) is 6.07 Å². The van der Waals surface area contributed by atoms with Gasteiger partial charge in [-0.25, -0.2) is 4.39 Å². The highest BCUT2D eigenvalue weighted by atomic mass is 19.4. The summed E-state index contributed by atoms with van der Waals surface area (Å²) in [5.41, 5.74) is 4.06. The summed E-state index contributed by atoms with van der Waals surface area (Å²) < 4.78 is 50.9. The molecule has 3 N–H and O–H groups in total. The van der Waals surface area contributed by atoms with Crippen LogP contribution < -0.4 is 5.73 Å². The van der Waals surface area contributed by atoms with Crippen LogP contribution in [0.2, 0.25) is 0 Å². The molecule has 96 valence electrons. The molecule has 0 radical (unpaired) electrons. The molecule has 17 heavy (non-hydrogen) atoms. The summed E-state index contributed by atoms with van der Waals surface area (Å²) in [7, 11) is 0. The van der Waals surface area contributed by atoms with Gasteiger partial charge in [0.05, 0.1) is 17.7 Å². The molecule has 1 aromatic carbocycles. The van der Waals surface area contributed by atoms with E-state index < -0.39 is 35.3 Å². The quantitative estimate of drug-likeness (QED) is 0.811. The average Bonchev–Trinajstić information content (AvgIpc) is 2.25. The molecule has 0 bridgehead atoms. The lowest BCUT2D eigenvalue weighted by atomic mass is 9.95. The van der Waals surface area contributed by atoms with Gasteiger partial charge in [-0.2, -0.15) is 13.2 Å². The summed E-state index contributed by atoms with van der Waals surface area (Å²) in [6.45, 7) is 1.58. The zero-order valence-electron chi connectivity index (χ0n) is 9.13. The third-order valence-electron chi connectivity index (χ3n) is 2.51. The third-order valence-corrected chi connectivity index (χ3v) is 2.51. The van der Waals surface area contributed by atoms with Crippen LogP contribution in [0.1, 0.15) is 30.5 Å². The van der Waals surface area contributed by atoms with Gasteiger partial charge in [-0.15, -0.1) is 0 Å². The van der Waals surface area contributed by atoms with Crippen LogP contribution in [0.25, 0.3) is 0 Å². The Morgan fingerprint density at radius 1 is 1.35 bits per heavy atom. The van der Waals surface area contributed by atoms with E-state index in [0.29, 0.717) is 12.1 Å². The molecular formula is C11H13F4NO. The van der Waals surface area contributed by atoms with Crippen molar-refractivity contribution in [3.63, 3.8) is 0 Å². The van der Waals surface area contributed by atoms with Gasteiger partial charge < -0.3 is 10.8 Å². The van der Waals surface area contributed by atoms with Gasteiger partial charge in [-0.05, 0) is 30.2 Å². The van der Waals surface area contributed by atoms with Crippen molar-refractivity contribution >= 4 is 0 Å². The van der Waals surface area contributed by atoms with Crippen LogP contribution >= 0.6 is 0 Å². The van der Waals surface area contributed by atoms with Gasteiger partial charge in [0.25, 0.3) is 0 Å². The first-order chi connectivity index (χ1) is 7.77. The molecule has 0 saturated heterocycles. The van der Waals surface area contributed by atoms with Crippen molar-refractivity contribution in [1.82, 2.24) is 0 Å². The van der Waals surface area contributed by atoms with Gasteiger partial charge in [-0.1, -0.05) is 6.92 Å². The van der Waals surface area contributed by atoms with Crippen molar-refractivity contribution < 1.29 is 22.7 Å². The highest BCUT2D eigenvalue weighted by Crippen LogP contribution is 2.35. The molecule has 0 aliphatic heterocycles. The van der Waals surface area contributed by atoms with Crippen LogP contribution in [0.4, 0.5) is 17.6 Å². The Labute approximate surface area is 96.1 Å². The zero-order chi connectivity index (χ0) is 13.2. The summed E-state index contributed by atoms with van der Waals surface area (Å²) in [6, 6.07) is 0.809. The number of hydrogen-bond acceptors (Lipinski definition) is 2. The van der Waals surface area contributed by atoms with E-state index in [1.165, 1.54) is 0 Å². The molecule has 2 atom stereocenters. The molecule has 2 nitrogen and oxygen atoms in total. The van der Waals surface area contributed by atoms with Gasteiger partial charge in [0.1, 0.15) is 5.82 Å². The largest absolute Gasteiger partial charge is 0.416 e. The second-order valence-electron chi connectivity index (χ2n) is 3.73. The monoisotopic (exact) mass is 251 g/mol. The van der Waals surface area contributed by atoms with Crippen LogP contribution in [0, 0.1) is 5.82 Å². The predicted octanol–water partition coefficient (Wildman–Crippen LogP) is 2.62. The Hall–Kier alpha value is -1.14. The topological polar surface area (TPSA) is 46.2 Å². The van der Waals surface area contributed by atoms with E-state index in [4.69, 9.17) is 5.73 Å². The Balaban J connectivity index is 3.25. The molecule has 0 unspecified atom stereocenters. The molecule has 1 rings (SSSR count). The predicted molar refractivity (Wildman–Crippen MR) is 54.6 cm³/mol. The molecule has 0 aliphatic carbocycles. The molecule has 0 saturated carbocycles. The highest BCUT2D eigenvalue weighted by molar-refractivity contribution is 5.33. The Morgan fingerprint density at radius 2 is 1.94 bits per heavy atom. The van der Waals surface area contributed by atoms with Crippen molar-refractivity contribution in [2.45, 2.75) is 31.7 Å². The summed E-state index contributed by atoms with van der Waals surface area (Å²) in [4.78, 5) is 0. The van der Waals surface area contributed by atoms with Crippen molar-refractivity contribution in [3.8, 4) is 0 Å². The van der Waals surface area contributed by atoms with E-state index >= 15 is 0 Å². The Bertz CT molecular complexity index is 392. The lowest BCUT2D eigenvalue weighted by Crippen LogP contribution is -2.28. The van der Waals surface area contributed by atoms with Crippen LogP contribution in [-0.4, -0.2) is 11.2 Å². The van der Waals surface area contributed by atoms with E-state index in [2.05, 4.69) is 0 Å². The minimum atomic E-state index is -4.62. The number of aliphatic hydroxyl groups is 1. The second kappa shape index (κ2) is 5.01. The minimum Gasteiger partial charge on any atom is -0.391 e. The maximum atomic E-state index is 13.0. The van der Waals surface area contributed by atoms with Crippen molar-refractivity contribution in [3.05, 3.63) is 35.1 Å². The summed E-state index contributed by atoms with van der Waals surface area (Å²) in [5.74, 6) is -0.813. The van der Waals surface area contributed by atoms with E-state index in [1.807, 2.05) is 0 Å². The maximum absolute atomic E-state index is 13.0. The van der Waals surface area contributed by atoms with Gasteiger partial charge in [-0.3, -0.25) is 0 Å². The molecule has 6 heteroatoms. The maximum Gasteiger partial charge on any atom is 0.416 e. The summed E-state index contributed by atoms with van der Waals surface area (Å²) in [6.07, 6.45) is -5.57. The molecule has 0 aliphatic rings. The van der Waals surface area contributed by atoms with E-state index in [1.54, 1.807) is 6.92 Å². The molecule has 0 heterocycles. The van der Waals surface area contributed by atoms with Crippen LogP contribution in [0.15, 0.2) is 18.2 Å². The van der Waals surface area contributed by atoms with Gasteiger partial charge in [0.15, 0.2) is 0 Å². The number of nitrogens with two attached hydrogens (primary N) is 1. The first-order valence-corrected chi connectivity index (χ1v) is 5.07. The van der Waals surface area contributed by atoms with Crippen molar-refractivity contribution in [2.24, 2.45) is 5.73 Å². The SMILES string of the molecule is CC[C@H](O)[C@H](N)c1cc(F)ccc1C(F)(F)F. The lowest BCUT2D eigenvalue weighted by Gasteiger charge is -2.21. The number of aliphatic hydroxyl groups excluding tert-OH is 1. The van der Waals surface area contributed by atoms with Gasteiger partial charge in [0.2, 0.25) is 0 Å². The summed E-state index contributed by atoms with van der Waals surface area (Å²) >= 11 is 0. The van der Waals surface area contributed by atoms with Crippen molar-refractivity contribution in [2.75, 3.05) is 0 Å². The minimum absolute atomic E-state index is 0.189. The molecule has 0 spiro atoms. The molecule has 1 aromatic rings. The number of hydrogen-bond donors (Lipinski definition) is 2. The number of benzene rings is 1. The third kappa shape index (κ3) is 3.17. The van der Waals surface area contributed by atoms with Crippen LogP contribution in [0.5, 0.6) is 0 Å². The molecule has 0 aromatic heterocycles. The standard InChI is InChI=1S/C11H13F4NO/c1-2-9(17)10(16)7-5-6(12)3-4-8(7)11(13,14)15/h3-5,9-10,17H,2,16H2,1H3/t9-,10+/m0/s1. The molecule has 0 fully saturated rings. The average molecular weight is 251 g/mol. The van der Waals surface area contributed by atoms with Crippen molar-refractivity contribution in [1.29, 1.82) is 0 Å². The number of rotatable bonds is 3. The lowest BCUT2D eigenvalue weighted by molar-refractivity contribution is -0.138. The van der Waals surface area contributed by atoms with Gasteiger partial charge in [0, 0.05) is 0 Å². The number of halogens is 4. The fourth-order valence-corrected chi connectivity index (χ4v) is 1.53. The first kappa shape index (κ1) is 13.9. The Morgan fingerprint density at radius 3 is 2.41 bits per heavy atom. The zero-order valence-corrected chi connectivity index (χ0v) is 9.13. The fraction of sp³-hybridized carbons (Fsp3) is 0.455. The first-order valence-electron chi connectivity index (χ1n) is 5.07. The molecule has 0 amide bonds. The van der Waals surface area contributed by atoms with E-state index in [9.17, 15) is 22.7 Å². The van der Waals surface area contributed by atoms with Gasteiger partial charge >= 0.3 is 6.18 Å². The second-order valence-corrected chi connectivity index (χ2v) is 3.73. The van der Waals surface area contributed by atoms with Crippen LogP contribution in [0.3, 0.4) is 0 Å². The molecular weight excluding hydrogens is 238 g/mol. The summed E-state index contributed by atoms with van der Waals surface area (Å²) in [5, 5.41) is 9.45. The smallest absolute Gasteiger partial charge is 0.391 e.